The Balaban J connectivity index is 1.47. The number of hydrogen-bond donors (Lipinski definition) is 0. The van der Waals surface area contributed by atoms with Gasteiger partial charge in [0.25, 0.3) is 0 Å². The highest BCUT2D eigenvalue weighted by Crippen LogP contribution is 2.45. The Kier molecular flexibility index (Phi) is 4.07. The van der Waals surface area contributed by atoms with Crippen LogP contribution in [-0.2, 0) is 16.1 Å². The molecule has 1 saturated heterocycles. The highest BCUT2D eigenvalue weighted by Gasteiger charge is 2.59. The first-order valence-corrected chi connectivity index (χ1v) is 10.2. The van der Waals surface area contributed by atoms with Crippen molar-refractivity contribution >= 4 is 33.5 Å². The van der Waals surface area contributed by atoms with Crippen molar-refractivity contribution in [1.82, 2.24) is 4.90 Å². The standard InChI is InChI=1S/C22H19BrN2O4/c1-22(2)18-17(19(24-22)13-4-6-14(23)7-5-13)20(26)25(21(18)27)10-12-3-8-15-16(9-12)29-11-28-15/h3-9,17-18H,10-11H2,1-2H3. The van der Waals surface area contributed by atoms with Crippen molar-refractivity contribution in [2.24, 2.45) is 16.8 Å². The SMILES string of the molecule is CC1(C)N=C(c2ccc(Br)cc2)C2C(=O)N(Cc3ccc4c(c3)OCO4)C(=O)C21. The van der Waals surface area contributed by atoms with Gasteiger partial charge in [-0.1, -0.05) is 34.1 Å². The van der Waals surface area contributed by atoms with E-state index in [0.717, 1.165) is 15.6 Å². The van der Waals surface area contributed by atoms with Crippen molar-refractivity contribution in [3.63, 3.8) is 0 Å². The Morgan fingerprint density at radius 1 is 1.07 bits per heavy atom. The zero-order valence-corrected chi connectivity index (χ0v) is 17.6. The predicted octanol–water partition coefficient (Wildman–Crippen LogP) is 3.56. The van der Waals surface area contributed by atoms with Gasteiger partial charge in [0.15, 0.2) is 11.5 Å². The van der Waals surface area contributed by atoms with Crippen LogP contribution in [0, 0.1) is 11.8 Å². The lowest BCUT2D eigenvalue weighted by Gasteiger charge is -2.22. The van der Waals surface area contributed by atoms with E-state index >= 15 is 0 Å². The first-order chi connectivity index (χ1) is 13.8. The highest BCUT2D eigenvalue weighted by molar-refractivity contribution is 9.10. The van der Waals surface area contributed by atoms with Gasteiger partial charge in [-0.3, -0.25) is 19.5 Å². The van der Waals surface area contributed by atoms with Crippen molar-refractivity contribution in [3.05, 3.63) is 58.1 Å². The Labute approximate surface area is 176 Å². The van der Waals surface area contributed by atoms with Crippen LogP contribution in [0.1, 0.15) is 25.0 Å². The summed E-state index contributed by atoms with van der Waals surface area (Å²) in [4.78, 5) is 32.7. The van der Waals surface area contributed by atoms with Crippen LogP contribution in [0.3, 0.4) is 0 Å². The molecule has 0 aliphatic carbocycles. The molecule has 2 atom stereocenters. The summed E-state index contributed by atoms with van der Waals surface area (Å²) in [6.07, 6.45) is 0. The third kappa shape index (κ3) is 2.87. The van der Waals surface area contributed by atoms with E-state index in [4.69, 9.17) is 14.5 Å². The maximum absolute atomic E-state index is 13.3. The average molecular weight is 455 g/mol. The van der Waals surface area contributed by atoms with Crippen LogP contribution in [0.4, 0.5) is 0 Å². The number of hydrogen-bond acceptors (Lipinski definition) is 5. The van der Waals surface area contributed by atoms with Gasteiger partial charge >= 0.3 is 0 Å². The second kappa shape index (κ2) is 6.42. The van der Waals surface area contributed by atoms with E-state index in [0.29, 0.717) is 17.2 Å². The van der Waals surface area contributed by atoms with Crippen molar-refractivity contribution in [2.75, 3.05) is 6.79 Å². The number of fused-ring (bicyclic) bond motifs is 2. The Morgan fingerprint density at radius 3 is 2.55 bits per heavy atom. The van der Waals surface area contributed by atoms with Gasteiger partial charge in [-0.2, -0.15) is 0 Å². The number of benzene rings is 2. The molecule has 29 heavy (non-hydrogen) atoms. The lowest BCUT2D eigenvalue weighted by molar-refractivity contribution is -0.140. The molecule has 0 aromatic heterocycles. The molecule has 0 radical (unpaired) electrons. The lowest BCUT2D eigenvalue weighted by atomic mass is 9.81. The quantitative estimate of drug-likeness (QED) is 0.664. The number of imide groups is 1. The molecule has 3 aliphatic heterocycles. The molecule has 5 rings (SSSR count). The van der Waals surface area contributed by atoms with Gasteiger partial charge in [-0.25, -0.2) is 0 Å². The molecule has 1 fully saturated rings. The molecule has 2 amide bonds. The minimum Gasteiger partial charge on any atom is -0.454 e. The van der Waals surface area contributed by atoms with Crippen molar-refractivity contribution in [3.8, 4) is 11.5 Å². The number of amides is 2. The number of ether oxygens (including phenoxy) is 2. The molecule has 3 heterocycles. The largest absolute Gasteiger partial charge is 0.454 e. The van der Waals surface area contributed by atoms with Gasteiger partial charge in [0.05, 0.1) is 29.6 Å². The summed E-state index contributed by atoms with van der Waals surface area (Å²) in [6, 6.07) is 13.2. The van der Waals surface area contributed by atoms with Crippen LogP contribution < -0.4 is 9.47 Å². The third-order valence-electron chi connectivity index (χ3n) is 5.78. The Morgan fingerprint density at radius 2 is 1.79 bits per heavy atom. The first kappa shape index (κ1) is 18.4. The fourth-order valence-corrected chi connectivity index (χ4v) is 4.67. The minimum absolute atomic E-state index is 0.168. The molecule has 7 heteroatoms. The number of rotatable bonds is 3. The zero-order valence-electron chi connectivity index (χ0n) is 16.0. The Bertz CT molecular complexity index is 1060. The van der Waals surface area contributed by atoms with Crippen molar-refractivity contribution < 1.29 is 19.1 Å². The third-order valence-corrected chi connectivity index (χ3v) is 6.31. The van der Waals surface area contributed by atoms with Gasteiger partial charge < -0.3 is 9.47 Å². The van der Waals surface area contributed by atoms with Crippen LogP contribution in [-0.4, -0.2) is 34.8 Å². The predicted molar refractivity (Wildman–Crippen MR) is 110 cm³/mol. The highest BCUT2D eigenvalue weighted by atomic mass is 79.9. The topological polar surface area (TPSA) is 68.2 Å². The second-order valence-corrected chi connectivity index (χ2v) is 8.98. The number of halogens is 1. The van der Waals surface area contributed by atoms with Crippen molar-refractivity contribution in [2.45, 2.75) is 25.9 Å². The van der Waals surface area contributed by atoms with E-state index in [9.17, 15) is 9.59 Å². The number of carbonyl (C=O) groups excluding carboxylic acids is 2. The fraction of sp³-hybridized carbons (Fsp3) is 0.318. The van der Waals surface area contributed by atoms with Crippen LogP contribution >= 0.6 is 15.9 Å². The van der Waals surface area contributed by atoms with Crippen LogP contribution in [0.2, 0.25) is 0 Å². The molecule has 2 unspecified atom stereocenters. The zero-order chi connectivity index (χ0) is 20.3. The monoisotopic (exact) mass is 454 g/mol. The van der Waals surface area contributed by atoms with Gasteiger partial charge in [0.1, 0.15) is 0 Å². The molecule has 0 saturated carbocycles. The molecular weight excluding hydrogens is 436 g/mol. The van der Waals surface area contributed by atoms with E-state index in [1.165, 1.54) is 4.90 Å². The van der Waals surface area contributed by atoms with Crippen LogP contribution in [0.25, 0.3) is 0 Å². The van der Waals surface area contributed by atoms with Gasteiger partial charge in [-0.05, 0) is 49.2 Å². The molecule has 0 bridgehead atoms. The molecule has 0 N–H and O–H groups in total. The van der Waals surface area contributed by atoms with Crippen molar-refractivity contribution in [1.29, 1.82) is 0 Å². The molecule has 6 nitrogen and oxygen atoms in total. The summed E-state index contributed by atoms with van der Waals surface area (Å²) in [7, 11) is 0. The second-order valence-electron chi connectivity index (χ2n) is 8.06. The summed E-state index contributed by atoms with van der Waals surface area (Å²) in [6.45, 7) is 4.24. The minimum atomic E-state index is -0.635. The molecule has 148 valence electrons. The van der Waals surface area contributed by atoms with Crippen LogP contribution in [0.5, 0.6) is 11.5 Å². The molecule has 0 spiro atoms. The van der Waals surface area contributed by atoms with E-state index in [1.807, 2.05) is 56.3 Å². The smallest absolute Gasteiger partial charge is 0.239 e. The number of nitrogens with zero attached hydrogens (tertiary/aromatic N) is 2. The van der Waals surface area contributed by atoms with E-state index in [-0.39, 0.29) is 25.2 Å². The number of likely N-dealkylation sites (tertiary alicyclic amines) is 1. The average Bonchev–Trinajstić information content (AvgIpc) is 3.33. The fourth-order valence-electron chi connectivity index (χ4n) is 4.41. The van der Waals surface area contributed by atoms with Gasteiger partial charge in [0.2, 0.25) is 18.6 Å². The summed E-state index contributed by atoms with van der Waals surface area (Å²) < 4.78 is 11.7. The summed E-state index contributed by atoms with van der Waals surface area (Å²) >= 11 is 3.43. The van der Waals surface area contributed by atoms with E-state index in [1.54, 1.807) is 0 Å². The molecular formula is C22H19BrN2O4. The van der Waals surface area contributed by atoms with E-state index in [2.05, 4.69) is 15.9 Å². The summed E-state index contributed by atoms with van der Waals surface area (Å²) in [5, 5.41) is 0. The normalized spacial score (nSPS) is 24.1. The van der Waals surface area contributed by atoms with Gasteiger partial charge in [0, 0.05) is 4.47 Å². The molecule has 3 aliphatic rings. The first-order valence-electron chi connectivity index (χ1n) is 9.44. The maximum Gasteiger partial charge on any atom is 0.239 e. The van der Waals surface area contributed by atoms with Crippen LogP contribution in [0.15, 0.2) is 51.9 Å². The molecule has 2 aromatic rings. The van der Waals surface area contributed by atoms with E-state index < -0.39 is 17.4 Å². The Hall–Kier alpha value is -2.67. The lowest BCUT2D eigenvalue weighted by Crippen LogP contribution is -2.36. The maximum atomic E-state index is 13.3. The number of carbonyl (C=O) groups is 2. The molecule has 2 aromatic carbocycles. The summed E-state index contributed by atoms with van der Waals surface area (Å²) in [5.74, 6) is -0.0755. The summed E-state index contributed by atoms with van der Waals surface area (Å²) in [5.41, 5.74) is 1.76. The van der Waals surface area contributed by atoms with Gasteiger partial charge in [-0.15, -0.1) is 0 Å². The number of aliphatic imine (C=N–C) groups is 1.